The zero-order valence-corrected chi connectivity index (χ0v) is 12.8. The fourth-order valence-electron chi connectivity index (χ4n) is 1.89. The lowest BCUT2D eigenvalue weighted by atomic mass is 10.2. The monoisotopic (exact) mass is 337 g/mol. The van der Waals surface area contributed by atoms with E-state index >= 15 is 0 Å². The molecular formula is C15H10ClF2N3S. The molecule has 112 valence electrons. The maximum Gasteiger partial charge on any atom is 0.209 e. The molecular weight excluding hydrogens is 328 g/mol. The van der Waals surface area contributed by atoms with Gasteiger partial charge in [-0.3, -0.25) is 5.10 Å². The molecule has 1 aromatic heterocycles. The molecule has 3 nitrogen and oxygen atoms in total. The van der Waals surface area contributed by atoms with E-state index in [1.165, 1.54) is 23.9 Å². The summed E-state index contributed by atoms with van der Waals surface area (Å²) in [6.07, 6.45) is 0. The standard InChI is InChI=1S/C15H10ClF2N3S/c16-11-5-3-7-13(18)10(11)8-22-15-19-14(20-21-15)9-4-1-2-6-12(9)17/h1-7H,8H2,(H,19,20,21). The van der Waals surface area contributed by atoms with Gasteiger partial charge in [-0.2, -0.15) is 0 Å². The van der Waals surface area contributed by atoms with E-state index in [-0.39, 0.29) is 11.6 Å². The topological polar surface area (TPSA) is 41.6 Å². The Hall–Kier alpha value is -1.92. The highest BCUT2D eigenvalue weighted by Crippen LogP contribution is 2.28. The molecule has 0 bridgehead atoms. The molecule has 0 aliphatic rings. The van der Waals surface area contributed by atoms with E-state index in [0.29, 0.717) is 32.9 Å². The van der Waals surface area contributed by atoms with E-state index in [2.05, 4.69) is 15.2 Å². The van der Waals surface area contributed by atoms with Crippen LogP contribution >= 0.6 is 23.4 Å². The van der Waals surface area contributed by atoms with Gasteiger partial charge in [0.15, 0.2) is 5.82 Å². The third kappa shape index (κ3) is 3.13. The Morgan fingerprint density at radius 3 is 2.59 bits per heavy atom. The SMILES string of the molecule is Fc1ccccc1-c1nc(SCc2c(F)cccc2Cl)n[nH]1. The highest BCUT2D eigenvalue weighted by atomic mass is 35.5. The molecule has 0 aliphatic carbocycles. The smallest absolute Gasteiger partial charge is 0.209 e. The van der Waals surface area contributed by atoms with E-state index in [1.807, 2.05) is 0 Å². The summed E-state index contributed by atoms with van der Waals surface area (Å²) in [6.45, 7) is 0. The van der Waals surface area contributed by atoms with E-state index in [9.17, 15) is 8.78 Å². The first kappa shape index (κ1) is 15.0. The predicted molar refractivity (Wildman–Crippen MR) is 82.7 cm³/mol. The molecule has 7 heteroatoms. The van der Waals surface area contributed by atoms with Gasteiger partial charge in [0, 0.05) is 16.3 Å². The number of benzene rings is 2. The van der Waals surface area contributed by atoms with Crippen LogP contribution in [0.25, 0.3) is 11.4 Å². The second-order valence-electron chi connectivity index (χ2n) is 4.44. The van der Waals surface area contributed by atoms with Crippen LogP contribution in [0.1, 0.15) is 5.56 Å². The fraction of sp³-hybridized carbons (Fsp3) is 0.0667. The molecule has 0 spiro atoms. The zero-order chi connectivity index (χ0) is 15.5. The summed E-state index contributed by atoms with van der Waals surface area (Å²) in [5.74, 6) is -0.127. The Labute approximate surface area is 134 Å². The van der Waals surface area contributed by atoms with Gasteiger partial charge in [0.25, 0.3) is 0 Å². The van der Waals surface area contributed by atoms with Crippen molar-refractivity contribution in [1.82, 2.24) is 15.2 Å². The van der Waals surface area contributed by atoms with Crippen molar-refractivity contribution in [2.45, 2.75) is 10.9 Å². The van der Waals surface area contributed by atoms with Gasteiger partial charge in [-0.1, -0.05) is 41.6 Å². The Morgan fingerprint density at radius 1 is 1.05 bits per heavy atom. The molecule has 3 aromatic rings. The van der Waals surface area contributed by atoms with Crippen LogP contribution in [0.15, 0.2) is 47.6 Å². The molecule has 0 amide bonds. The Balaban J connectivity index is 1.77. The minimum Gasteiger partial charge on any atom is -0.258 e. The maximum absolute atomic E-state index is 13.7. The van der Waals surface area contributed by atoms with Gasteiger partial charge in [-0.15, -0.1) is 5.10 Å². The van der Waals surface area contributed by atoms with Crippen molar-refractivity contribution in [3.05, 3.63) is 64.7 Å². The minimum absolute atomic E-state index is 0.292. The lowest BCUT2D eigenvalue weighted by Crippen LogP contribution is -1.89. The number of rotatable bonds is 4. The molecule has 1 heterocycles. The van der Waals surface area contributed by atoms with Gasteiger partial charge in [0.1, 0.15) is 11.6 Å². The van der Waals surface area contributed by atoms with Crippen LogP contribution in [0.2, 0.25) is 5.02 Å². The fourth-order valence-corrected chi connectivity index (χ4v) is 3.03. The molecule has 1 N–H and O–H groups in total. The number of nitrogens with one attached hydrogen (secondary N) is 1. The predicted octanol–water partition coefficient (Wildman–Crippen LogP) is 4.70. The highest BCUT2D eigenvalue weighted by Gasteiger charge is 2.12. The van der Waals surface area contributed by atoms with Crippen LogP contribution in [0.3, 0.4) is 0 Å². The Morgan fingerprint density at radius 2 is 1.82 bits per heavy atom. The first-order valence-corrected chi connectivity index (χ1v) is 7.74. The summed E-state index contributed by atoms with van der Waals surface area (Å²) >= 11 is 7.19. The van der Waals surface area contributed by atoms with Gasteiger partial charge < -0.3 is 0 Å². The molecule has 22 heavy (non-hydrogen) atoms. The van der Waals surface area contributed by atoms with Crippen molar-refractivity contribution >= 4 is 23.4 Å². The summed E-state index contributed by atoms with van der Waals surface area (Å²) in [5.41, 5.74) is 0.734. The summed E-state index contributed by atoms with van der Waals surface area (Å²) in [7, 11) is 0. The summed E-state index contributed by atoms with van der Waals surface area (Å²) in [6, 6.07) is 10.8. The number of thioether (sulfide) groups is 1. The quantitative estimate of drug-likeness (QED) is 0.702. The van der Waals surface area contributed by atoms with Crippen LogP contribution in [-0.4, -0.2) is 15.2 Å². The van der Waals surface area contributed by atoms with Crippen molar-refractivity contribution in [3.8, 4) is 11.4 Å². The molecule has 0 aliphatic heterocycles. The molecule has 0 unspecified atom stereocenters. The summed E-state index contributed by atoms with van der Waals surface area (Å²) in [5, 5.41) is 7.44. The second kappa shape index (κ2) is 6.46. The number of hydrogen-bond acceptors (Lipinski definition) is 3. The average Bonchev–Trinajstić information content (AvgIpc) is 2.96. The Kier molecular flexibility index (Phi) is 4.40. The van der Waals surface area contributed by atoms with Crippen LogP contribution < -0.4 is 0 Å². The molecule has 3 rings (SSSR count). The van der Waals surface area contributed by atoms with Crippen molar-refractivity contribution in [2.24, 2.45) is 0 Å². The minimum atomic E-state index is -0.382. The number of halogens is 3. The first-order valence-electron chi connectivity index (χ1n) is 6.38. The van der Waals surface area contributed by atoms with Crippen LogP contribution in [0, 0.1) is 11.6 Å². The van der Waals surface area contributed by atoms with Gasteiger partial charge in [-0.25, -0.2) is 13.8 Å². The van der Waals surface area contributed by atoms with E-state index in [4.69, 9.17) is 11.6 Å². The number of nitrogens with zero attached hydrogens (tertiary/aromatic N) is 2. The molecule has 0 saturated heterocycles. The number of aromatic nitrogens is 3. The van der Waals surface area contributed by atoms with Gasteiger partial charge in [-0.05, 0) is 24.3 Å². The van der Waals surface area contributed by atoms with Crippen LogP contribution in [-0.2, 0) is 5.75 Å². The molecule has 0 fully saturated rings. The van der Waals surface area contributed by atoms with Crippen molar-refractivity contribution in [3.63, 3.8) is 0 Å². The Bertz CT molecular complexity index is 787. The zero-order valence-electron chi connectivity index (χ0n) is 11.2. The van der Waals surface area contributed by atoms with Gasteiger partial charge >= 0.3 is 0 Å². The number of aromatic amines is 1. The third-order valence-electron chi connectivity index (χ3n) is 3.00. The largest absolute Gasteiger partial charge is 0.258 e. The van der Waals surface area contributed by atoms with E-state index < -0.39 is 0 Å². The summed E-state index contributed by atoms with van der Waals surface area (Å²) < 4.78 is 27.4. The summed E-state index contributed by atoms with van der Waals surface area (Å²) in [4.78, 5) is 4.21. The molecule has 0 radical (unpaired) electrons. The molecule has 0 atom stereocenters. The average molecular weight is 338 g/mol. The normalized spacial score (nSPS) is 10.9. The second-order valence-corrected chi connectivity index (χ2v) is 5.79. The van der Waals surface area contributed by atoms with Crippen molar-refractivity contribution in [2.75, 3.05) is 0 Å². The molecule has 2 aromatic carbocycles. The van der Waals surface area contributed by atoms with Gasteiger partial charge in [0.05, 0.1) is 5.56 Å². The highest BCUT2D eigenvalue weighted by molar-refractivity contribution is 7.98. The van der Waals surface area contributed by atoms with Crippen molar-refractivity contribution in [1.29, 1.82) is 0 Å². The lowest BCUT2D eigenvalue weighted by molar-refractivity contribution is 0.617. The lowest BCUT2D eigenvalue weighted by Gasteiger charge is -2.03. The number of H-pyrrole nitrogens is 1. The van der Waals surface area contributed by atoms with Gasteiger partial charge in [0.2, 0.25) is 5.16 Å². The van der Waals surface area contributed by atoms with Crippen LogP contribution in [0.5, 0.6) is 0 Å². The van der Waals surface area contributed by atoms with Crippen LogP contribution in [0.4, 0.5) is 8.78 Å². The first-order chi connectivity index (χ1) is 10.6. The third-order valence-corrected chi connectivity index (χ3v) is 4.23. The maximum atomic E-state index is 13.7. The van der Waals surface area contributed by atoms with E-state index in [1.54, 1.807) is 30.3 Å². The number of hydrogen-bond donors (Lipinski definition) is 1. The molecule has 0 saturated carbocycles. The van der Waals surface area contributed by atoms with E-state index in [0.717, 1.165) is 0 Å². The van der Waals surface area contributed by atoms with Crippen molar-refractivity contribution < 1.29 is 8.78 Å².